The second-order valence-corrected chi connectivity index (χ2v) is 9.33. The predicted molar refractivity (Wildman–Crippen MR) is 139 cm³/mol. The highest BCUT2D eigenvalue weighted by Crippen LogP contribution is 2.28. The zero-order valence-corrected chi connectivity index (χ0v) is 22.1. The first-order valence-electron chi connectivity index (χ1n) is 11.8. The van der Waals surface area contributed by atoms with Gasteiger partial charge in [0.1, 0.15) is 6.54 Å². The number of benzene rings is 1. The summed E-state index contributed by atoms with van der Waals surface area (Å²) in [5, 5.41) is 2.03. The van der Waals surface area contributed by atoms with Crippen LogP contribution in [0.15, 0.2) is 52.5 Å². The van der Waals surface area contributed by atoms with Gasteiger partial charge >= 0.3 is 0 Å². The Bertz CT molecular complexity index is 1110. The summed E-state index contributed by atoms with van der Waals surface area (Å²) in [6.07, 6.45) is 2.70. The van der Waals surface area contributed by atoms with Crippen LogP contribution in [-0.2, 0) is 22.5 Å². The minimum absolute atomic E-state index is 0.0421. The second-order valence-electron chi connectivity index (χ2n) is 8.33. The fourth-order valence-electron chi connectivity index (χ4n) is 3.80. The minimum atomic E-state index is -0.309. The van der Waals surface area contributed by atoms with E-state index in [9.17, 15) is 9.59 Å². The Morgan fingerprint density at radius 2 is 1.81 bits per heavy atom. The lowest BCUT2D eigenvalue weighted by Crippen LogP contribution is -2.43. The second kappa shape index (κ2) is 13.7. The number of hydrogen-bond acceptors (Lipinski definition) is 7. The van der Waals surface area contributed by atoms with E-state index in [0.29, 0.717) is 50.6 Å². The Balaban J connectivity index is 1.77. The number of amides is 2. The molecule has 0 radical (unpaired) electrons. The molecule has 0 bridgehead atoms. The highest BCUT2D eigenvalue weighted by atomic mass is 32.1. The summed E-state index contributed by atoms with van der Waals surface area (Å²) in [7, 11) is 4.82. The predicted octanol–water partition coefficient (Wildman–Crippen LogP) is 4.42. The third kappa shape index (κ3) is 7.35. The van der Waals surface area contributed by atoms with Gasteiger partial charge in [-0.25, -0.2) is 0 Å². The molecule has 0 aliphatic carbocycles. The summed E-state index contributed by atoms with van der Waals surface area (Å²) in [6.45, 7) is 3.86. The molecule has 0 atom stereocenters. The molecule has 0 saturated heterocycles. The van der Waals surface area contributed by atoms with Gasteiger partial charge in [-0.15, -0.1) is 11.3 Å². The maximum absolute atomic E-state index is 13.6. The van der Waals surface area contributed by atoms with E-state index in [0.717, 1.165) is 16.0 Å². The van der Waals surface area contributed by atoms with Crippen LogP contribution in [0, 0.1) is 6.92 Å². The SMILES string of the molecule is COCCCN(CC(=O)N(CCc1ccc(OC)c(OC)c1)Cc1sccc1C)C(=O)c1ccco1. The van der Waals surface area contributed by atoms with E-state index in [1.165, 1.54) is 11.2 Å². The van der Waals surface area contributed by atoms with Gasteiger partial charge in [-0.1, -0.05) is 6.07 Å². The smallest absolute Gasteiger partial charge is 0.290 e. The number of furan rings is 1. The first kappa shape index (κ1) is 27.3. The van der Waals surface area contributed by atoms with Gasteiger partial charge in [0, 0.05) is 31.7 Å². The molecule has 0 fully saturated rings. The lowest BCUT2D eigenvalue weighted by molar-refractivity contribution is -0.132. The molecule has 2 amide bonds. The molecule has 3 aromatic rings. The number of thiophene rings is 1. The number of ether oxygens (including phenoxy) is 3. The lowest BCUT2D eigenvalue weighted by Gasteiger charge is -2.27. The zero-order chi connectivity index (χ0) is 25.9. The van der Waals surface area contributed by atoms with Crippen molar-refractivity contribution in [2.75, 3.05) is 47.6 Å². The summed E-state index contributed by atoms with van der Waals surface area (Å²) in [5.41, 5.74) is 2.17. The van der Waals surface area contributed by atoms with Crippen LogP contribution in [0.5, 0.6) is 11.5 Å². The summed E-state index contributed by atoms with van der Waals surface area (Å²) in [5.74, 6) is 1.09. The maximum atomic E-state index is 13.6. The van der Waals surface area contributed by atoms with Crippen molar-refractivity contribution in [3.63, 3.8) is 0 Å². The van der Waals surface area contributed by atoms with Crippen molar-refractivity contribution in [3.05, 3.63) is 69.8 Å². The molecule has 194 valence electrons. The van der Waals surface area contributed by atoms with Crippen molar-refractivity contribution in [1.82, 2.24) is 9.80 Å². The van der Waals surface area contributed by atoms with E-state index in [4.69, 9.17) is 18.6 Å². The third-order valence-electron chi connectivity index (χ3n) is 5.90. The molecular formula is C27H34N2O6S. The summed E-state index contributed by atoms with van der Waals surface area (Å²) < 4.78 is 21.2. The van der Waals surface area contributed by atoms with Crippen LogP contribution >= 0.6 is 11.3 Å². The summed E-state index contributed by atoms with van der Waals surface area (Å²) in [4.78, 5) is 31.1. The summed E-state index contributed by atoms with van der Waals surface area (Å²) >= 11 is 1.63. The number of methoxy groups -OCH3 is 3. The Morgan fingerprint density at radius 1 is 1.00 bits per heavy atom. The van der Waals surface area contributed by atoms with Crippen LogP contribution in [0.25, 0.3) is 0 Å². The largest absolute Gasteiger partial charge is 0.493 e. The van der Waals surface area contributed by atoms with E-state index < -0.39 is 0 Å². The van der Waals surface area contributed by atoms with Crippen LogP contribution in [-0.4, -0.2) is 69.2 Å². The first-order valence-corrected chi connectivity index (χ1v) is 12.7. The average molecular weight is 515 g/mol. The van der Waals surface area contributed by atoms with E-state index in [1.54, 1.807) is 44.8 Å². The molecule has 0 aliphatic heterocycles. The average Bonchev–Trinajstić information content (AvgIpc) is 3.57. The Labute approximate surface area is 216 Å². The van der Waals surface area contributed by atoms with E-state index in [-0.39, 0.29) is 24.1 Å². The van der Waals surface area contributed by atoms with Crippen molar-refractivity contribution >= 4 is 23.2 Å². The van der Waals surface area contributed by atoms with E-state index in [1.807, 2.05) is 35.4 Å². The monoisotopic (exact) mass is 514 g/mol. The molecule has 9 heteroatoms. The highest BCUT2D eigenvalue weighted by Gasteiger charge is 2.24. The molecule has 3 rings (SSSR count). The van der Waals surface area contributed by atoms with Crippen molar-refractivity contribution in [3.8, 4) is 11.5 Å². The van der Waals surface area contributed by atoms with Gasteiger partial charge in [-0.3, -0.25) is 9.59 Å². The van der Waals surface area contributed by atoms with Crippen LogP contribution in [0.4, 0.5) is 0 Å². The molecule has 0 N–H and O–H groups in total. The molecule has 8 nitrogen and oxygen atoms in total. The fourth-order valence-corrected chi connectivity index (χ4v) is 4.72. The molecular weight excluding hydrogens is 480 g/mol. The normalized spacial score (nSPS) is 10.8. The molecule has 2 aromatic heterocycles. The van der Waals surface area contributed by atoms with Crippen molar-refractivity contribution in [1.29, 1.82) is 0 Å². The van der Waals surface area contributed by atoms with Crippen LogP contribution in [0.2, 0.25) is 0 Å². The fraction of sp³-hybridized carbons (Fsp3) is 0.407. The van der Waals surface area contributed by atoms with Gasteiger partial charge in [0.15, 0.2) is 17.3 Å². The number of hydrogen-bond donors (Lipinski definition) is 0. The standard InChI is InChI=1S/C27H34N2O6S/c1-20-11-16-36-25(20)18-28(13-10-21-8-9-22(33-3)24(17-21)34-4)26(30)19-29(12-6-14-32-2)27(31)23-7-5-15-35-23/h5,7-9,11,15-17H,6,10,12-14,18-19H2,1-4H3. The van der Waals surface area contributed by atoms with Gasteiger partial charge in [0.05, 0.1) is 27.0 Å². The van der Waals surface area contributed by atoms with Gasteiger partial charge in [-0.2, -0.15) is 0 Å². The van der Waals surface area contributed by atoms with Crippen LogP contribution < -0.4 is 9.47 Å². The highest BCUT2D eigenvalue weighted by molar-refractivity contribution is 7.10. The quantitative estimate of drug-likeness (QED) is 0.296. The van der Waals surface area contributed by atoms with Gasteiger partial charge in [0.25, 0.3) is 5.91 Å². The molecule has 1 aromatic carbocycles. The Kier molecular flexibility index (Phi) is 10.4. The third-order valence-corrected chi connectivity index (χ3v) is 6.90. The topological polar surface area (TPSA) is 81.5 Å². The summed E-state index contributed by atoms with van der Waals surface area (Å²) in [6, 6.07) is 11.1. The lowest BCUT2D eigenvalue weighted by atomic mass is 10.1. The Morgan fingerprint density at radius 3 is 2.44 bits per heavy atom. The molecule has 0 saturated carbocycles. The first-order chi connectivity index (χ1) is 17.5. The molecule has 36 heavy (non-hydrogen) atoms. The van der Waals surface area contributed by atoms with Gasteiger partial charge < -0.3 is 28.4 Å². The number of nitrogens with zero attached hydrogens (tertiary/aromatic N) is 2. The molecule has 2 heterocycles. The number of rotatable bonds is 14. The molecule has 0 unspecified atom stereocenters. The minimum Gasteiger partial charge on any atom is -0.493 e. The maximum Gasteiger partial charge on any atom is 0.290 e. The van der Waals surface area contributed by atoms with Crippen molar-refractivity contribution < 1.29 is 28.2 Å². The van der Waals surface area contributed by atoms with E-state index >= 15 is 0 Å². The van der Waals surface area contributed by atoms with Crippen LogP contribution in [0.1, 0.15) is 33.0 Å². The van der Waals surface area contributed by atoms with Crippen molar-refractivity contribution in [2.45, 2.75) is 26.3 Å². The Hall–Kier alpha value is -3.30. The number of carbonyl (C=O) groups excluding carboxylic acids is 2. The number of aryl methyl sites for hydroxylation is 1. The molecule has 0 aliphatic rings. The van der Waals surface area contributed by atoms with Gasteiger partial charge in [-0.05, 0) is 66.6 Å². The van der Waals surface area contributed by atoms with Gasteiger partial charge in [0.2, 0.25) is 5.91 Å². The zero-order valence-electron chi connectivity index (χ0n) is 21.3. The van der Waals surface area contributed by atoms with E-state index in [2.05, 4.69) is 6.07 Å². The van der Waals surface area contributed by atoms with Crippen LogP contribution in [0.3, 0.4) is 0 Å². The molecule has 0 spiro atoms. The number of carbonyl (C=O) groups is 2. The van der Waals surface area contributed by atoms with Crippen molar-refractivity contribution in [2.24, 2.45) is 0 Å².